The molecule has 0 aromatic carbocycles. The van der Waals surface area contributed by atoms with Crippen molar-refractivity contribution in [3.63, 3.8) is 0 Å². The van der Waals surface area contributed by atoms with Gasteiger partial charge < -0.3 is 34.3 Å². The fourth-order valence-corrected chi connectivity index (χ4v) is 6.82. The van der Waals surface area contributed by atoms with E-state index in [1.54, 1.807) is 0 Å². The highest BCUT2D eigenvalue weighted by Crippen LogP contribution is 2.24. The van der Waals surface area contributed by atoms with Crippen molar-refractivity contribution in [2.45, 2.75) is 173 Å². The molecule has 0 amide bonds. The molecule has 4 N–H and O–H groups in total. The van der Waals surface area contributed by atoms with Crippen LogP contribution in [0.3, 0.4) is 0 Å². The molecule has 0 spiro atoms. The predicted octanol–water partition coefficient (Wildman–Crippen LogP) is 9.05. The minimum absolute atomic E-state index is 0.0616. The van der Waals surface area contributed by atoms with Crippen LogP contribution in [-0.4, -0.2) is 96.0 Å². The van der Waals surface area contributed by atoms with Gasteiger partial charge in [-0.05, 0) is 57.8 Å². The maximum Gasteiger partial charge on any atom is 0.306 e. The standard InChI is InChI=1S/C48H76O12S/c1-3-5-7-9-11-13-15-17-18-19-20-21-22-23-25-26-28-30-32-34-36-43(49)57-38-41(39-58-48-47(53)46(52)45(51)42(60-48)40-61(54,55)56)59-44(50)37-35-33-31-29-27-24-16-14-12-10-8-6-4-2/h5-8,10-14,16-18,24,27,29,31,41-42,45-48,51-53H,3-4,9,15,19-23,25-26,28,30,32-40H2,1-2H3,(H,54,55,56)/b7-5+,8-6+,12-10+,13-11+,16-14+,18-17+,27-24+,31-29+/t41?,42-,45-,46?,47?,48+/m1/s1. The first-order valence-corrected chi connectivity index (χ1v) is 24.0. The van der Waals surface area contributed by atoms with E-state index in [0.29, 0.717) is 19.3 Å². The number of aliphatic hydroxyl groups excluding tert-OH is 3. The topological polar surface area (TPSA) is 186 Å². The number of aliphatic hydroxyl groups is 3. The molecule has 1 heterocycles. The van der Waals surface area contributed by atoms with Crippen LogP contribution < -0.4 is 0 Å². The zero-order valence-electron chi connectivity index (χ0n) is 36.7. The maximum absolute atomic E-state index is 12.8. The van der Waals surface area contributed by atoms with Crippen molar-refractivity contribution in [2.75, 3.05) is 19.0 Å². The van der Waals surface area contributed by atoms with Crippen LogP contribution in [0.2, 0.25) is 0 Å². The van der Waals surface area contributed by atoms with E-state index in [4.69, 9.17) is 18.9 Å². The Morgan fingerprint density at radius 2 is 1.08 bits per heavy atom. The van der Waals surface area contributed by atoms with Crippen molar-refractivity contribution >= 4 is 22.1 Å². The summed E-state index contributed by atoms with van der Waals surface area (Å²) in [7, 11) is -4.62. The minimum atomic E-state index is -4.62. The molecule has 0 radical (unpaired) electrons. The van der Waals surface area contributed by atoms with E-state index in [-0.39, 0.29) is 19.4 Å². The molecule has 1 rings (SSSR count). The van der Waals surface area contributed by atoms with Gasteiger partial charge in [-0.1, -0.05) is 162 Å². The highest BCUT2D eigenvalue weighted by Gasteiger charge is 2.46. The average molecular weight is 877 g/mol. The molecule has 1 aliphatic heterocycles. The van der Waals surface area contributed by atoms with Gasteiger partial charge in [-0.3, -0.25) is 14.1 Å². The van der Waals surface area contributed by atoms with Crippen molar-refractivity contribution < 1.29 is 56.8 Å². The Bertz CT molecular complexity index is 1490. The molecule has 6 atom stereocenters. The van der Waals surface area contributed by atoms with Gasteiger partial charge in [-0.2, -0.15) is 8.42 Å². The van der Waals surface area contributed by atoms with Crippen LogP contribution in [0, 0.1) is 0 Å². The number of rotatable bonds is 35. The molecule has 0 saturated carbocycles. The van der Waals surface area contributed by atoms with Gasteiger partial charge in [-0.25, -0.2) is 0 Å². The zero-order chi connectivity index (χ0) is 44.8. The summed E-state index contributed by atoms with van der Waals surface area (Å²) in [4.78, 5) is 25.4. The Hall–Kier alpha value is -3.43. The third-order valence-electron chi connectivity index (χ3n) is 9.54. The summed E-state index contributed by atoms with van der Waals surface area (Å²) in [5.41, 5.74) is 0. The third kappa shape index (κ3) is 32.0. The van der Waals surface area contributed by atoms with Crippen molar-refractivity contribution in [1.29, 1.82) is 0 Å². The first kappa shape index (κ1) is 55.6. The second kappa shape index (κ2) is 37.2. The molecule has 3 unspecified atom stereocenters. The number of hydrogen-bond donors (Lipinski definition) is 4. The van der Waals surface area contributed by atoms with E-state index in [9.17, 15) is 37.9 Å². The van der Waals surface area contributed by atoms with Gasteiger partial charge in [0, 0.05) is 12.8 Å². The van der Waals surface area contributed by atoms with Crippen LogP contribution in [-0.2, 0) is 38.7 Å². The smallest absolute Gasteiger partial charge is 0.306 e. The Morgan fingerprint density at radius 1 is 0.574 bits per heavy atom. The van der Waals surface area contributed by atoms with Gasteiger partial charge >= 0.3 is 11.9 Å². The van der Waals surface area contributed by atoms with E-state index in [1.165, 1.54) is 38.5 Å². The maximum atomic E-state index is 12.8. The summed E-state index contributed by atoms with van der Waals surface area (Å²) in [6, 6.07) is 0. The lowest BCUT2D eigenvalue weighted by molar-refractivity contribution is -0.297. The summed E-state index contributed by atoms with van der Waals surface area (Å²) < 4.78 is 53.9. The SMILES string of the molecule is CC/C=C/C=C/C=C/C=C/C=C/CCCC(=O)OC(COC(=O)CCCCCCCCCCCC/C=C/C/C=C/C/C=C/CC)CO[C@H]1O[C@H](CS(=O)(=O)O)[C@@H](O)C(O)C1O. The normalized spacial score (nSPS) is 20.9. The van der Waals surface area contributed by atoms with Crippen molar-refractivity contribution in [2.24, 2.45) is 0 Å². The molecule has 1 aliphatic rings. The van der Waals surface area contributed by atoms with Gasteiger partial charge in [0.15, 0.2) is 12.4 Å². The van der Waals surface area contributed by atoms with Crippen LogP contribution >= 0.6 is 0 Å². The van der Waals surface area contributed by atoms with Crippen LogP contribution in [0.15, 0.2) is 97.2 Å². The molecule has 346 valence electrons. The molecule has 0 bridgehead atoms. The van der Waals surface area contributed by atoms with E-state index in [1.807, 2.05) is 54.7 Å². The predicted molar refractivity (Wildman–Crippen MR) is 242 cm³/mol. The average Bonchev–Trinajstić information content (AvgIpc) is 3.22. The number of ether oxygens (including phenoxy) is 4. The quantitative estimate of drug-likeness (QED) is 0.0156. The Morgan fingerprint density at radius 3 is 1.69 bits per heavy atom. The number of hydrogen-bond acceptors (Lipinski definition) is 11. The van der Waals surface area contributed by atoms with Crippen molar-refractivity contribution in [3.05, 3.63) is 97.2 Å². The highest BCUT2D eigenvalue weighted by molar-refractivity contribution is 7.85. The Balaban J connectivity index is 2.46. The monoisotopic (exact) mass is 877 g/mol. The molecular formula is C48H76O12S. The second-order valence-corrected chi connectivity index (χ2v) is 16.6. The lowest BCUT2D eigenvalue weighted by Gasteiger charge is -2.40. The van der Waals surface area contributed by atoms with E-state index in [0.717, 1.165) is 51.4 Å². The first-order chi connectivity index (χ1) is 29.5. The molecule has 1 fully saturated rings. The fraction of sp³-hybridized carbons (Fsp3) is 0.625. The molecule has 0 aromatic rings. The number of allylic oxidation sites excluding steroid dienone is 16. The number of carbonyl (C=O) groups is 2. The van der Waals surface area contributed by atoms with E-state index >= 15 is 0 Å². The lowest BCUT2D eigenvalue weighted by Crippen LogP contribution is -2.60. The van der Waals surface area contributed by atoms with Gasteiger partial charge in [0.1, 0.15) is 36.8 Å². The van der Waals surface area contributed by atoms with Gasteiger partial charge in [0.25, 0.3) is 10.1 Å². The van der Waals surface area contributed by atoms with Gasteiger partial charge in [-0.15, -0.1) is 0 Å². The van der Waals surface area contributed by atoms with Crippen LogP contribution in [0.25, 0.3) is 0 Å². The fourth-order valence-electron chi connectivity index (χ4n) is 6.13. The zero-order valence-corrected chi connectivity index (χ0v) is 37.5. The molecular weight excluding hydrogens is 801 g/mol. The number of carbonyl (C=O) groups excluding carboxylic acids is 2. The van der Waals surface area contributed by atoms with E-state index in [2.05, 4.69) is 56.4 Å². The van der Waals surface area contributed by atoms with Crippen LogP contribution in [0.1, 0.15) is 136 Å². The lowest BCUT2D eigenvalue weighted by atomic mass is 10.00. The van der Waals surface area contributed by atoms with Crippen molar-refractivity contribution in [3.8, 4) is 0 Å². The second-order valence-electron chi connectivity index (χ2n) is 15.1. The molecule has 1 saturated heterocycles. The minimum Gasteiger partial charge on any atom is -0.462 e. The third-order valence-corrected chi connectivity index (χ3v) is 10.3. The first-order valence-electron chi connectivity index (χ1n) is 22.4. The molecule has 0 aromatic heterocycles. The van der Waals surface area contributed by atoms with E-state index < -0.39 is 71.2 Å². The summed E-state index contributed by atoms with van der Waals surface area (Å²) >= 11 is 0. The summed E-state index contributed by atoms with van der Waals surface area (Å²) in [6.07, 6.45) is 40.4. The largest absolute Gasteiger partial charge is 0.462 e. The van der Waals surface area contributed by atoms with Crippen molar-refractivity contribution in [1.82, 2.24) is 0 Å². The van der Waals surface area contributed by atoms with Crippen LogP contribution in [0.5, 0.6) is 0 Å². The highest BCUT2D eigenvalue weighted by atomic mass is 32.2. The Labute approximate surface area is 366 Å². The van der Waals surface area contributed by atoms with Gasteiger partial charge in [0.05, 0.1) is 6.61 Å². The summed E-state index contributed by atoms with van der Waals surface area (Å²) in [5, 5.41) is 30.9. The summed E-state index contributed by atoms with van der Waals surface area (Å²) in [6.45, 7) is 3.42. The Kier molecular flexibility index (Phi) is 33.9. The van der Waals surface area contributed by atoms with Crippen LogP contribution in [0.4, 0.5) is 0 Å². The number of esters is 2. The molecule has 61 heavy (non-hydrogen) atoms. The molecule has 13 heteroatoms. The summed E-state index contributed by atoms with van der Waals surface area (Å²) in [5.74, 6) is -2.10. The molecule has 0 aliphatic carbocycles. The van der Waals surface area contributed by atoms with Gasteiger partial charge in [0.2, 0.25) is 0 Å². The molecule has 12 nitrogen and oxygen atoms in total. The number of unbranched alkanes of at least 4 members (excludes halogenated alkanes) is 11.